The van der Waals surface area contributed by atoms with Gasteiger partial charge in [-0.2, -0.15) is 0 Å². The van der Waals surface area contributed by atoms with Gasteiger partial charge in [0.05, 0.1) is 19.5 Å². The van der Waals surface area contributed by atoms with Crippen molar-refractivity contribution in [1.29, 1.82) is 0 Å². The summed E-state index contributed by atoms with van der Waals surface area (Å²) in [6.45, 7) is 4.39. The Morgan fingerprint density at radius 2 is 2.03 bits per heavy atom. The molecule has 0 bridgehead atoms. The Kier molecular flexibility index (Phi) is 5.04. The summed E-state index contributed by atoms with van der Waals surface area (Å²) in [6, 6.07) is 13.5. The maximum absolute atomic E-state index is 9.61. The molecule has 4 heterocycles. The van der Waals surface area contributed by atoms with Crippen LogP contribution in [0.3, 0.4) is 0 Å². The Morgan fingerprint density at radius 3 is 2.90 bits per heavy atom. The molecule has 4 aromatic rings. The lowest BCUT2D eigenvalue weighted by atomic mass is 10.1. The molecule has 0 amide bonds. The molecular weight excluding hydrogens is 380 g/mol. The van der Waals surface area contributed by atoms with Crippen LogP contribution in [-0.2, 0) is 4.74 Å². The highest BCUT2D eigenvalue weighted by atomic mass is 16.5. The van der Waals surface area contributed by atoms with Crippen LogP contribution in [0.5, 0.6) is 0 Å². The number of nitrogens with zero attached hydrogens (tertiary/aromatic N) is 4. The van der Waals surface area contributed by atoms with Gasteiger partial charge in [-0.3, -0.25) is 4.90 Å². The van der Waals surface area contributed by atoms with Crippen molar-refractivity contribution < 1.29 is 14.4 Å². The zero-order chi connectivity index (χ0) is 20.3. The first-order chi connectivity index (χ1) is 14.8. The van der Waals surface area contributed by atoms with Crippen molar-refractivity contribution in [1.82, 2.24) is 14.3 Å². The Hall–Kier alpha value is -3.42. The highest BCUT2D eigenvalue weighted by Gasteiger charge is 2.10. The van der Waals surface area contributed by atoms with E-state index in [1.54, 1.807) is 12.4 Å². The lowest BCUT2D eigenvalue weighted by Crippen LogP contribution is -2.36. The first-order valence-electron chi connectivity index (χ1n) is 9.96. The van der Waals surface area contributed by atoms with E-state index in [2.05, 4.69) is 27.2 Å². The van der Waals surface area contributed by atoms with Crippen LogP contribution >= 0.6 is 0 Å². The van der Waals surface area contributed by atoms with E-state index < -0.39 is 0 Å². The first kappa shape index (κ1) is 18.6. The molecule has 5 rings (SSSR count). The SMILES string of the molecule is ON=c1cc(-c2cc3cccn3cn2)oc2ccc(/C=C\CN3CCOCC3)cc12. The quantitative estimate of drug-likeness (QED) is 0.418. The highest BCUT2D eigenvalue weighted by molar-refractivity contribution is 5.81. The number of aromatic nitrogens is 2. The van der Waals surface area contributed by atoms with Gasteiger partial charge in [0.2, 0.25) is 0 Å². The summed E-state index contributed by atoms with van der Waals surface area (Å²) in [5.41, 5.74) is 3.36. The van der Waals surface area contributed by atoms with E-state index in [1.165, 1.54) is 0 Å². The smallest absolute Gasteiger partial charge is 0.155 e. The predicted molar refractivity (Wildman–Crippen MR) is 114 cm³/mol. The first-order valence-corrected chi connectivity index (χ1v) is 9.96. The number of benzene rings is 1. The van der Waals surface area contributed by atoms with E-state index in [4.69, 9.17) is 9.15 Å². The third kappa shape index (κ3) is 3.72. The molecule has 7 heteroatoms. The average Bonchev–Trinajstić information content (AvgIpc) is 3.27. The van der Waals surface area contributed by atoms with Crippen molar-refractivity contribution in [2.24, 2.45) is 5.16 Å². The van der Waals surface area contributed by atoms with Crippen LogP contribution in [0.2, 0.25) is 0 Å². The van der Waals surface area contributed by atoms with Crippen molar-refractivity contribution >= 4 is 22.6 Å². The Labute approximate surface area is 173 Å². The molecule has 1 aliphatic rings. The van der Waals surface area contributed by atoms with Crippen molar-refractivity contribution in [3.63, 3.8) is 0 Å². The van der Waals surface area contributed by atoms with Gasteiger partial charge in [-0.25, -0.2) is 4.98 Å². The number of fused-ring (bicyclic) bond motifs is 2. The summed E-state index contributed by atoms with van der Waals surface area (Å²) in [7, 11) is 0. The van der Waals surface area contributed by atoms with Crippen LogP contribution in [0.15, 0.2) is 70.6 Å². The van der Waals surface area contributed by atoms with Crippen LogP contribution in [0.25, 0.3) is 34.0 Å². The van der Waals surface area contributed by atoms with Gasteiger partial charge in [-0.15, -0.1) is 0 Å². The molecule has 7 nitrogen and oxygen atoms in total. The van der Waals surface area contributed by atoms with Crippen molar-refractivity contribution in [2.75, 3.05) is 32.8 Å². The fourth-order valence-corrected chi connectivity index (χ4v) is 3.69. The summed E-state index contributed by atoms with van der Waals surface area (Å²) in [6.07, 6.45) is 7.89. The minimum atomic E-state index is 0.451. The standard InChI is InChI=1S/C23H22N4O3/c28-25-20-15-23(21-14-18-4-2-8-27(18)16-24-21)30-22-6-5-17(13-19(20)22)3-1-7-26-9-11-29-12-10-26/h1-6,8,13-16,28H,7,9-12H2/b3-1-,25-20?. The van der Waals surface area contributed by atoms with Crippen molar-refractivity contribution in [3.8, 4) is 11.5 Å². The second-order valence-corrected chi connectivity index (χ2v) is 7.28. The molecule has 0 aliphatic carbocycles. The van der Waals surface area contributed by atoms with E-state index >= 15 is 0 Å². The normalized spacial score (nSPS) is 16.2. The van der Waals surface area contributed by atoms with Gasteiger partial charge in [0.1, 0.15) is 16.6 Å². The third-order valence-electron chi connectivity index (χ3n) is 5.32. The molecule has 1 fully saturated rings. The topological polar surface area (TPSA) is 75.5 Å². The molecule has 0 unspecified atom stereocenters. The molecule has 0 saturated carbocycles. The zero-order valence-corrected chi connectivity index (χ0v) is 16.4. The molecule has 0 spiro atoms. The molecule has 152 valence electrons. The predicted octanol–water partition coefficient (Wildman–Crippen LogP) is 3.38. The summed E-state index contributed by atoms with van der Waals surface area (Å²) in [5.74, 6) is 0.551. The van der Waals surface area contributed by atoms with E-state index in [1.807, 2.05) is 47.0 Å². The Morgan fingerprint density at radius 1 is 1.13 bits per heavy atom. The van der Waals surface area contributed by atoms with Gasteiger partial charge in [-0.05, 0) is 35.9 Å². The van der Waals surface area contributed by atoms with Gasteiger partial charge in [-0.1, -0.05) is 23.4 Å². The summed E-state index contributed by atoms with van der Waals surface area (Å²) in [5, 5.41) is 14.3. The molecule has 1 N–H and O–H groups in total. The van der Waals surface area contributed by atoms with E-state index in [0.717, 1.165) is 49.3 Å². The fraction of sp³-hybridized carbons (Fsp3) is 0.217. The van der Waals surface area contributed by atoms with Crippen molar-refractivity contribution in [3.05, 3.63) is 72.0 Å². The van der Waals surface area contributed by atoms with E-state index in [0.29, 0.717) is 22.4 Å². The molecule has 30 heavy (non-hydrogen) atoms. The largest absolute Gasteiger partial charge is 0.454 e. The molecule has 1 aliphatic heterocycles. The zero-order valence-electron chi connectivity index (χ0n) is 16.4. The molecule has 0 radical (unpaired) electrons. The number of morpholine rings is 1. The Balaban J connectivity index is 1.46. The van der Waals surface area contributed by atoms with Gasteiger partial charge in [0, 0.05) is 42.8 Å². The van der Waals surface area contributed by atoms with Crippen LogP contribution in [0, 0.1) is 0 Å². The minimum absolute atomic E-state index is 0.451. The van der Waals surface area contributed by atoms with Crippen LogP contribution in [0.4, 0.5) is 0 Å². The highest BCUT2D eigenvalue weighted by Crippen LogP contribution is 2.23. The Bertz CT molecular complexity index is 1280. The molecule has 1 aromatic carbocycles. The molecular formula is C23H22N4O3. The summed E-state index contributed by atoms with van der Waals surface area (Å²) < 4.78 is 13.4. The van der Waals surface area contributed by atoms with Crippen LogP contribution in [-0.4, -0.2) is 52.3 Å². The number of hydrogen-bond donors (Lipinski definition) is 1. The van der Waals surface area contributed by atoms with Crippen LogP contribution in [0.1, 0.15) is 5.56 Å². The second kappa shape index (κ2) is 8.14. The third-order valence-corrected chi connectivity index (χ3v) is 5.32. The number of rotatable bonds is 4. The monoisotopic (exact) mass is 402 g/mol. The van der Waals surface area contributed by atoms with Crippen molar-refractivity contribution in [2.45, 2.75) is 0 Å². The number of ether oxygens (including phenoxy) is 1. The molecule has 1 saturated heterocycles. The summed E-state index contributed by atoms with van der Waals surface area (Å²) in [4.78, 5) is 6.81. The summed E-state index contributed by atoms with van der Waals surface area (Å²) >= 11 is 0. The number of hydrogen-bond acceptors (Lipinski definition) is 6. The van der Waals surface area contributed by atoms with Gasteiger partial charge in [0.15, 0.2) is 5.76 Å². The lowest BCUT2D eigenvalue weighted by molar-refractivity contribution is 0.0435. The van der Waals surface area contributed by atoms with E-state index in [9.17, 15) is 5.21 Å². The average molecular weight is 402 g/mol. The lowest BCUT2D eigenvalue weighted by Gasteiger charge is -2.25. The minimum Gasteiger partial charge on any atom is -0.454 e. The van der Waals surface area contributed by atoms with Crippen LogP contribution < -0.4 is 5.36 Å². The second-order valence-electron chi connectivity index (χ2n) is 7.28. The molecule has 0 atom stereocenters. The maximum atomic E-state index is 9.61. The van der Waals surface area contributed by atoms with Gasteiger partial charge < -0.3 is 18.8 Å². The fourth-order valence-electron chi connectivity index (χ4n) is 3.69. The van der Waals surface area contributed by atoms with Gasteiger partial charge in [0.25, 0.3) is 0 Å². The van der Waals surface area contributed by atoms with E-state index in [-0.39, 0.29) is 0 Å². The molecule has 3 aromatic heterocycles. The maximum Gasteiger partial charge on any atom is 0.155 e. The van der Waals surface area contributed by atoms with Gasteiger partial charge >= 0.3 is 0 Å².